The molecule has 9 heteroatoms. The third kappa shape index (κ3) is 4.69. The molecule has 30 heavy (non-hydrogen) atoms. The zero-order valence-electron chi connectivity index (χ0n) is 15.8. The summed E-state index contributed by atoms with van der Waals surface area (Å²) in [5.74, 6) is 0.206. The van der Waals surface area contributed by atoms with Gasteiger partial charge in [-0.05, 0) is 24.1 Å². The highest BCUT2D eigenvalue weighted by molar-refractivity contribution is 8.15. The molecule has 0 spiro atoms. The quantitative estimate of drug-likeness (QED) is 0.506. The Morgan fingerprint density at radius 2 is 1.90 bits per heavy atom. The van der Waals surface area contributed by atoms with Gasteiger partial charge in [0.1, 0.15) is 10.8 Å². The van der Waals surface area contributed by atoms with E-state index in [2.05, 4.69) is 10.1 Å². The number of amidine groups is 1. The van der Waals surface area contributed by atoms with Crippen LogP contribution in [0.3, 0.4) is 0 Å². The van der Waals surface area contributed by atoms with Crippen LogP contribution >= 0.6 is 35.0 Å². The number of carbonyl (C=O) groups excluding carboxylic acids is 1. The predicted octanol–water partition coefficient (Wildman–Crippen LogP) is 5.18. The molecule has 0 bridgehead atoms. The smallest absolute Gasteiger partial charge is 0.239 e. The lowest BCUT2D eigenvalue weighted by atomic mass is 10.1. The van der Waals surface area contributed by atoms with E-state index in [0.717, 1.165) is 12.0 Å². The first kappa shape index (κ1) is 20.9. The molecular weight excluding hydrogens is 446 g/mol. The molecule has 2 aromatic carbocycles. The molecule has 1 aliphatic rings. The number of rotatable bonds is 6. The van der Waals surface area contributed by atoms with Crippen molar-refractivity contribution in [3.63, 3.8) is 0 Å². The molecule has 4 rings (SSSR count). The van der Waals surface area contributed by atoms with Gasteiger partial charge < -0.3 is 0 Å². The maximum atomic E-state index is 14.1. The van der Waals surface area contributed by atoms with Gasteiger partial charge in [-0.15, -0.1) is 0 Å². The van der Waals surface area contributed by atoms with Crippen LogP contribution in [0.5, 0.6) is 0 Å². The van der Waals surface area contributed by atoms with Gasteiger partial charge >= 0.3 is 0 Å². The van der Waals surface area contributed by atoms with Gasteiger partial charge in [0.2, 0.25) is 5.91 Å². The summed E-state index contributed by atoms with van der Waals surface area (Å²) >= 11 is 13.7. The second kappa shape index (κ2) is 9.20. The van der Waals surface area contributed by atoms with E-state index in [1.165, 1.54) is 22.5 Å². The number of aromatic nitrogens is 2. The third-order valence-corrected chi connectivity index (χ3v) is 6.19. The van der Waals surface area contributed by atoms with E-state index in [1.54, 1.807) is 23.2 Å². The van der Waals surface area contributed by atoms with E-state index < -0.39 is 5.82 Å². The summed E-state index contributed by atoms with van der Waals surface area (Å²) in [7, 11) is 0. The maximum absolute atomic E-state index is 14.1. The molecule has 0 unspecified atom stereocenters. The van der Waals surface area contributed by atoms with Crippen LogP contribution in [-0.2, 0) is 17.8 Å². The lowest BCUT2D eigenvalue weighted by Crippen LogP contribution is -2.31. The molecule has 1 aliphatic heterocycles. The molecule has 3 aromatic rings. The van der Waals surface area contributed by atoms with E-state index in [9.17, 15) is 9.18 Å². The standard InChI is InChI=1S/C21H17Cl2FN4OS/c22-16-7-4-8-18(24)15(16)11-27-12-17(23)20(26-27)25-21-28(19(29)13-30-21)10-9-14-5-2-1-3-6-14/h1-8,12H,9-11,13H2. The lowest BCUT2D eigenvalue weighted by molar-refractivity contribution is -0.124. The maximum Gasteiger partial charge on any atom is 0.239 e. The summed E-state index contributed by atoms with van der Waals surface area (Å²) in [4.78, 5) is 18.5. The van der Waals surface area contributed by atoms with Crippen LogP contribution in [0.15, 0.2) is 59.7 Å². The van der Waals surface area contributed by atoms with Crippen LogP contribution in [0.2, 0.25) is 10.0 Å². The number of nitrogens with zero attached hydrogens (tertiary/aromatic N) is 4. The van der Waals surface area contributed by atoms with E-state index in [1.807, 2.05) is 30.3 Å². The molecule has 0 radical (unpaired) electrons. The Morgan fingerprint density at radius 1 is 1.10 bits per heavy atom. The number of amides is 1. The van der Waals surface area contributed by atoms with E-state index in [4.69, 9.17) is 23.2 Å². The van der Waals surface area contributed by atoms with E-state index in [0.29, 0.717) is 33.1 Å². The van der Waals surface area contributed by atoms with E-state index >= 15 is 0 Å². The molecule has 0 N–H and O–H groups in total. The van der Waals surface area contributed by atoms with Crippen molar-refractivity contribution < 1.29 is 9.18 Å². The molecule has 1 amide bonds. The highest BCUT2D eigenvalue weighted by Gasteiger charge is 2.28. The molecule has 0 saturated carbocycles. The van der Waals surface area contributed by atoms with Gasteiger partial charge in [-0.3, -0.25) is 14.4 Å². The van der Waals surface area contributed by atoms with Crippen LogP contribution in [-0.4, -0.2) is 38.1 Å². The number of benzene rings is 2. The van der Waals surface area contributed by atoms with Crippen molar-refractivity contribution in [2.24, 2.45) is 4.99 Å². The van der Waals surface area contributed by atoms with Crippen LogP contribution in [0.1, 0.15) is 11.1 Å². The predicted molar refractivity (Wildman–Crippen MR) is 119 cm³/mol. The Hall–Kier alpha value is -2.35. The summed E-state index contributed by atoms with van der Waals surface area (Å²) in [6.45, 7) is 0.651. The van der Waals surface area contributed by atoms with Crippen molar-refractivity contribution in [1.29, 1.82) is 0 Å². The Bertz CT molecular complexity index is 1080. The Kier molecular flexibility index (Phi) is 6.41. The second-order valence-corrected chi connectivity index (χ2v) is 8.42. The molecule has 2 heterocycles. The van der Waals surface area contributed by atoms with Crippen molar-refractivity contribution in [2.45, 2.75) is 13.0 Å². The van der Waals surface area contributed by atoms with Crippen LogP contribution in [0.25, 0.3) is 0 Å². The zero-order chi connectivity index (χ0) is 21.1. The number of thioether (sulfide) groups is 1. The monoisotopic (exact) mass is 462 g/mol. The summed E-state index contributed by atoms with van der Waals surface area (Å²) in [6.07, 6.45) is 2.29. The van der Waals surface area contributed by atoms with Crippen molar-refractivity contribution in [3.05, 3.63) is 81.7 Å². The topological polar surface area (TPSA) is 50.5 Å². The van der Waals surface area contributed by atoms with Gasteiger partial charge in [-0.1, -0.05) is 71.4 Å². The highest BCUT2D eigenvalue weighted by Crippen LogP contribution is 2.29. The first-order valence-electron chi connectivity index (χ1n) is 9.23. The van der Waals surface area contributed by atoms with Gasteiger partial charge in [0.25, 0.3) is 0 Å². The fourth-order valence-corrected chi connectivity index (χ4v) is 4.39. The molecule has 1 fully saturated rings. The van der Waals surface area contributed by atoms with Crippen LogP contribution in [0.4, 0.5) is 10.2 Å². The molecule has 0 atom stereocenters. The van der Waals surface area contributed by atoms with Crippen LogP contribution < -0.4 is 0 Å². The fraction of sp³-hybridized carbons (Fsp3) is 0.190. The summed E-state index contributed by atoms with van der Waals surface area (Å²) in [5, 5.41) is 5.55. The molecule has 0 aliphatic carbocycles. The van der Waals surface area contributed by atoms with Gasteiger partial charge in [-0.2, -0.15) is 5.10 Å². The molecular formula is C21H17Cl2FN4OS. The Labute approximate surface area is 187 Å². The van der Waals surface area contributed by atoms with Gasteiger partial charge in [0.15, 0.2) is 11.0 Å². The number of hydrogen-bond acceptors (Lipinski definition) is 4. The van der Waals surface area contributed by atoms with Crippen molar-refractivity contribution in [3.8, 4) is 0 Å². The molecule has 154 valence electrons. The number of carbonyl (C=O) groups is 1. The first-order chi connectivity index (χ1) is 14.5. The van der Waals surface area contributed by atoms with E-state index in [-0.39, 0.29) is 18.3 Å². The number of hydrogen-bond donors (Lipinski definition) is 0. The minimum atomic E-state index is -0.411. The number of aliphatic imine (C=N–C) groups is 1. The molecule has 1 saturated heterocycles. The fourth-order valence-electron chi connectivity index (χ4n) is 3.07. The SMILES string of the molecule is O=C1CSC(=Nc2nn(Cc3c(F)cccc3Cl)cc2Cl)N1CCc1ccccc1. The van der Waals surface area contributed by atoms with Crippen molar-refractivity contribution in [2.75, 3.05) is 12.3 Å². The average molecular weight is 463 g/mol. The summed E-state index contributed by atoms with van der Waals surface area (Å²) in [6, 6.07) is 14.5. The summed E-state index contributed by atoms with van der Waals surface area (Å²) in [5.41, 5.74) is 1.47. The summed E-state index contributed by atoms with van der Waals surface area (Å²) < 4.78 is 15.5. The minimum Gasteiger partial charge on any atom is -0.290 e. The van der Waals surface area contributed by atoms with Crippen molar-refractivity contribution >= 4 is 51.9 Å². The zero-order valence-corrected chi connectivity index (χ0v) is 18.1. The lowest BCUT2D eigenvalue weighted by Gasteiger charge is -2.15. The first-order valence-corrected chi connectivity index (χ1v) is 11.0. The van der Waals surface area contributed by atoms with Crippen LogP contribution in [0, 0.1) is 5.82 Å². The van der Waals surface area contributed by atoms with Gasteiger partial charge in [-0.25, -0.2) is 9.38 Å². The second-order valence-electron chi connectivity index (χ2n) is 6.66. The normalized spacial score (nSPS) is 15.4. The average Bonchev–Trinajstić information content (AvgIpc) is 3.26. The highest BCUT2D eigenvalue weighted by atomic mass is 35.5. The van der Waals surface area contributed by atoms with Gasteiger partial charge in [0.05, 0.1) is 12.3 Å². The molecule has 5 nitrogen and oxygen atoms in total. The Balaban J connectivity index is 1.52. The minimum absolute atomic E-state index is 0.00312. The number of halogens is 3. The Morgan fingerprint density at radius 3 is 2.67 bits per heavy atom. The van der Waals surface area contributed by atoms with Gasteiger partial charge in [0, 0.05) is 23.3 Å². The molecule has 1 aromatic heterocycles. The largest absolute Gasteiger partial charge is 0.290 e. The van der Waals surface area contributed by atoms with Crippen molar-refractivity contribution in [1.82, 2.24) is 14.7 Å². The third-order valence-electron chi connectivity index (χ3n) is 4.61.